The van der Waals surface area contributed by atoms with Gasteiger partial charge in [0, 0.05) is 13.2 Å². The second-order valence-electron chi connectivity index (χ2n) is 15.4. The van der Waals surface area contributed by atoms with Gasteiger partial charge in [-0.05, 0) is 12.8 Å². The highest BCUT2D eigenvalue weighted by atomic mass is 32.2. The molecular formula is C44H86O9S. The average Bonchev–Trinajstić information content (AvgIpc) is 3.14. The van der Waals surface area contributed by atoms with Gasteiger partial charge in [0.15, 0.2) is 5.25 Å². The first kappa shape index (κ1) is 52.8. The topological polar surface area (TPSA) is 125 Å². The van der Waals surface area contributed by atoms with Crippen molar-refractivity contribution >= 4 is 22.1 Å². The largest absolute Gasteiger partial charge is 0.463 e. The minimum absolute atomic E-state index is 0.0574. The summed E-state index contributed by atoms with van der Waals surface area (Å²) in [6.07, 6.45) is 40.8. The number of carbonyl (C=O) groups excluding carboxylic acids is 2. The van der Waals surface area contributed by atoms with E-state index < -0.39 is 33.7 Å². The maximum Gasteiger partial charge on any atom is 0.327 e. The van der Waals surface area contributed by atoms with Crippen LogP contribution in [0.1, 0.15) is 226 Å². The molecule has 10 heteroatoms. The van der Waals surface area contributed by atoms with Crippen molar-refractivity contribution in [1.82, 2.24) is 0 Å². The molecule has 0 rings (SSSR count). The Morgan fingerprint density at radius 3 is 0.981 bits per heavy atom. The molecular weight excluding hydrogens is 705 g/mol. The third-order valence-corrected chi connectivity index (χ3v) is 11.3. The van der Waals surface area contributed by atoms with Gasteiger partial charge in [-0.2, -0.15) is 8.42 Å². The van der Waals surface area contributed by atoms with Crippen LogP contribution in [0.3, 0.4) is 0 Å². The summed E-state index contributed by atoms with van der Waals surface area (Å²) in [5, 5.41) is -2.03. The van der Waals surface area contributed by atoms with E-state index in [1.165, 1.54) is 180 Å². The number of rotatable bonds is 44. The maximum absolute atomic E-state index is 12.3. The third kappa shape index (κ3) is 39.0. The Labute approximate surface area is 333 Å². The molecule has 0 aromatic heterocycles. The second-order valence-corrected chi connectivity index (χ2v) is 17.0. The lowest BCUT2D eigenvalue weighted by molar-refractivity contribution is -0.151. The van der Waals surface area contributed by atoms with Crippen LogP contribution >= 0.6 is 0 Å². The summed E-state index contributed by atoms with van der Waals surface area (Å²) in [5.41, 5.74) is 0. The van der Waals surface area contributed by atoms with Gasteiger partial charge < -0.3 is 18.9 Å². The molecule has 1 N–H and O–H groups in total. The Kier molecular flexibility index (Phi) is 40.5. The first-order valence-corrected chi connectivity index (χ1v) is 24.3. The van der Waals surface area contributed by atoms with E-state index in [9.17, 15) is 22.6 Å². The molecule has 322 valence electrons. The van der Waals surface area contributed by atoms with Gasteiger partial charge >= 0.3 is 11.9 Å². The first-order valence-electron chi connectivity index (χ1n) is 22.8. The smallest absolute Gasteiger partial charge is 0.327 e. The van der Waals surface area contributed by atoms with E-state index in [4.69, 9.17) is 18.9 Å². The van der Waals surface area contributed by atoms with Crippen LogP contribution < -0.4 is 0 Å². The van der Waals surface area contributed by atoms with Gasteiger partial charge in [-0.3, -0.25) is 14.1 Å². The van der Waals surface area contributed by atoms with Crippen LogP contribution in [0.5, 0.6) is 0 Å². The Morgan fingerprint density at radius 1 is 0.407 bits per heavy atom. The monoisotopic (exact) mass is 791 g/mol. The van der Waals surface area contributed by atoms with Crippen molar-refractivity contribution in [2.24, 2.45) is 0 Å². The van der Waals surface area contributed by atoms with Gasteiger partial charge in [-0.25, -0.2) is 0 Å². The van der Waals surface area contributed by atoms with Gasteiger partial charge in [0.2, 0.25) is 0 Å². The average molecular weight is 791 g/mol. The van der Waals surface area contributed by atoms with Crippen molar-refractivity contribution in [2.75, 3.05) is 39.6 Å². The van der Waals surface area contributed by atoms with Crippen molar-refractivity contribution in [2.45, 2.75) is 231 Å². The highest BCUT2D eigenvalue weighted by Crippen LogP contribution is 2.16. The van der Waals surface area contributed by atoms with Crippen molar-refractivity contribution in [3.8, 4) is 0 Å². The summed E-state index contributed by atoms with van der Waals surface area (Å²) >= 11 is 0. The zero-order valence-corrected chi connectivity index (χ0v) is 36.1. The Morgan fingerprint density at radius 2 is 0.685 bits per heavy atom. The molecule has 0 aliphatic carbocycles. The van der Waals surface area contributed by atoms with Crippen LogP contribution in [0.2, 0.25) is 0 Å². The number of ether oxygens (including phenoxy) is 4. The molecule has 1 unspecified atom stereocenters. The van der Waals surface area contributed by atoms with Crippen molar-refractivity contribution in [1.29, 1.82) is 0 Å². The number of unbranched alkanes of at least 4 members (excludes halogenated alkanes) is 30. The lowest BCUT2D eigenvalue weighted by Crippen LogP contribution is -2.35. The van der Waals surface area contributed by atoms with Crippen molar-refractivity contribution in [3.63, 3.8) is 0 Å². The summed E-state index contributed by atoms with van der Waals surface area (Å²) in [5.74, 6) is -2.11. The van der Waals surface area contributed by atoms with Crippen molar-refractivity contribution < 1.29 is 41.5 Å². The van der Waals surface area contributed by atoms with E-state index >= 15 is 0 Å². The van der Waals surface area contributed by atoms with Gasteiger partial charge in [0.1, 0.15) is 13.2 Å². The molecule has 54 heavy (non-hydrogen) atoms. The second kappa shape index (κ2) is 41.4. The molecule has 0 aromatic carbocycles. The minimum Gasteiger partial charge on any atom is -0.463 e. The molecule has 0 saturated carbocycles. The van der Waals surface area contributed by atoms with Gasteiger partial charge in [0.05, 0.1) is 19.6 Å². The molecule has 0 bridgehead atoms. The molecule has 1 atom stereocenters. The molecule has 0 aliphatic heterocycles. The normalized spacial score (nSPS) is 12.3. The number of esters is 2. The van der Waals surface area contributed by atoms with Crippen LogP contribution in [-0.2, 0) is 38.7 Å². The predicted octanol–water partition coefficient (Wildman–Crippen LogP) is 12.3. The molecule has 0 saturated heterocycles. The van der Waals surface area contributed by atoms with Gasteiger partial charge in [-0.15, -0.1) is 0 Å². The summed E-state index contributed by atoms with van der Waals surface area (Å²) in [4.78, 5) is 24.5. The molecule has 0 spiro atoms. The first-order chi connectivity index (χ1) is 26.3. The molecule has 0 heterocycles. The third-order valence-electron chi connectivity index (χ3n) is 10.2. The fourth-order valence-corrected chi connectivity index (χ4v) is 7.40. The number of hydrogen-bond acceptors (Lipinski definition) is 8. The van der Waals surface area contributed by atoms with Gasteiger partial charge in [0.25, 0.3) is 10.1 Å². The fraction of sp³-hybridized carbons (Fsp3) is 0.955. The Bertz CT molecular complexity index is 912. The van der Waals surface area contributed by atoms with Crippen LogP contribution in [0.4, 0.5) is 0 Å². The highest BCUT2D eigenvalue weighted by Gasteiger charge is 2.35. The quantitative estimate of drug-likeness (QED) is 0.0365. The van der Waals surface area contributed by atoms with Crippen molar-refractivity contribution in [3.05, 3.63) is 0 Å². The van der Waals surface area contributed by atoms with Crippen LogP contribution in [0, 0.1) is 0 Å². The van der Waals surface area contributed by atoms with Gasteiger partial charge in [-0.1, -0.05) is 206 Å². The van der Waals surface area contributed by atoms with E-state index in [0.29, 0.717) is 13.2 Å². The fourth-order valence-electron chi connectivity index (χ4n) is 6.74. The molecule has 9 nitrogen and oxygen atoms in total. The summed E-state index contributed by atoms with van der Waals surface area (Å²) in [6, 6.07) is 0. The van der Waals surface area contributed by atoms with E-state index in [1.807, 2.05) is 0 Å². The summed E-state index contributed by atoms with van der Waals surface area (Å²) in [6.45, 7) is 5.71. The Hall–Kier alpha value is -1.23. The lowest BCUT2D eigenvalue weighted by Gasteiger charge is -2.13. The van der Waals surface area contributed by atoms with Crippen LogP contribution in [-0.4, -0.2) is 69.8 Å². The van der Waals surface area contributed by atoms with E-state index in [2.05, 4.69) is 13.8 Å². The molecule has 0 radical (unpaired) electrons. The SMILES string of the molecule is CCCCCCCCCCCCCCCCCCOCCOC(=O)CC(C(=O)OCCOCCCCCCCCCCCCCCCCCC)S(=O)(=O)O. The maximum atomic E-state index is 12.3. The number of hydrogen-bond donors (Lipinski definition) is 1. The zero-order valence-electron chi connectivity index (χ0n) is 35.3. The molecule has 0 amide bonds. The molecule has 0 fully saturated rings. The van der Waals surface area contributed by atoms with Crippen LogP contribution in [0.15, 0.2) is 0 Å². The standard InChI is InChI=1S/C44H86O9S/c1-3-5-7-9-11-13-15-17-19-21-23-25-27-29-31-33-35-50-37-39-52-43(45)41-42(54(47,48)49)44(46)53-40-38-51-36-34-32-30-28-26-24-22-20-18-16-14-12-10-8-6-4-2/h42H,3-41H2,1-2H3,(H,47,48,49). The molecule has 0 aromatic rings. The van der Waals surface area contributed by atoms with E-state index in [1.54, 1.807) is 0 Å². The van der Waals surface area contributed by atoms with Crippen LogP contribution in [0.25, 0.3) is 0 Å². The predicted molar refractivity (Wildman–Crippen MR) is 223 cm³/mol. The highest BCUT2D eigenvalue weighted by molar-refractivity contribution is 7.87. The zero-order chi connectivity index (χ0) is 39.6. The van der Waals surface area contributed by atoms with E-state index in [-0.39, 0.29) is 26.4 Å². The summed E-state index contributed by atoms with van der Waals surface area (Å²) in [7, 11) is -4.85. The lowest BCUT2D eigenvalue weighted by atomic mass is 10.0. The number of carbonyl (C=O) groups is 2. The Balaban J connectivity index is 3.65. The minimum atomic E-state index is -4.85. The summed E-state index contributed by atoms with van der Waals surface area (Å²) < 4.78 is 54.1. The molecule has 0 aliphatic rings. The van der Waals surface area contributed by atoms with E-state index in [0.717, 1.165) is 25.7 Å².